The summed E-state index contributed by atoms with van der Waals surface area (Å²) in [4.78, 5) is 14.0. The van der Waals surface area contributed by atoms with Crippen LogP contribution in [0.3, 0.4) is 0 Å². The number of rotatable bonds is 2. The van der Waals surface area contributed by atoms with Gasteiger partial charge in [-0.15, -0.1) is 0 Å². The minimum Gasteiger partial charge on any atom is -0.464 e. The van der Waals surface area contributed by atoms with Gasteiger partial charge in [0.2, 0.25) is 0 Å². The zero-order valence-corrected chi connectivity index (χ0v) is 8.76. The number of thiocarbonyl (C=S) groups is 1. The van der Waals surface area contributed by atoms with Crippen LogP contribution in [0.15, 0.2) is 0 Å². The maximum absolute atomic E-state index is 11.4. The number of esters is 1. The Hall–Kier alpha value is -0.680. The Morgan fingerprint density at radius 2 is 2.36 bits per heavy atom. The summed E-state index contributed by atoms with van der Waals surface area (Å²) in [5.41, 5.74) is 5.64. The molecular weight excluding hydrogens is 200 g/mol. The van der Waals surface area contributed by atoms with Gasteiger partial charge >= 0.3 is 5.97 Å². The van der Waals surface area contributed by atoms with Crippen LogP contribution in [0, 0.1) is 0 Å². The maximum atomic E-state index is 11.4. The molecule has 2 aliphatic heterocycles. The Bertz CT molecular complexity index is 270. The Morgan fingerprint density at radius 3 is 2.93 bits per heavy atom. The number of cyclic esters (lactones) is 1. The lowest BCUT2D eigenvalue weighted by molar-refractivity contribution is -0.142. The van der Waals surface area contributed by atoms with Gasteiger partial charge in [-0.25, -0.2) is 0 Å². The van der Waals surface area contributed by atoms with Crippen molar-refractivity contribution in [2.24, 2.45) is 5.73 Å². The van der Waals surface area contributed by atoms with Crippen LogP contribution in [0.5, 0.6) is 0 Å². The Balaban J connectivity index is 2.09. The highest BCUT2D eigenvalue weighted by Crippen LogP contribution is 2.25. The summed E-state index contributed by atoms with van der Waals surface area (Å²) in [5.74, 6) is -0.117. The van der Waals surface area contributed by atoms with Gasteiger partial charge in [-0.3, -0.25) is 9.69 Å². The summed E-state index contributed by atoms with van der Waals surface area (Å²) in [6.07, 6.45) is 2.81. The number of likely N-dealkylation sites (tertiary alicyclic amines) is 1. The van der Waals surface area contributed by atoms with Crippen molar-refractivity contribution < 1.29 is 9.53 Å². The van der Waals surface area contributed by atoms with Crippen molar-refractivity contribution in [1.82, 2.24) is 4.90 Å². The number of carbonyl (C=O) groups excluding carboxylic acids is 1. The number of ether oxygens (including phenoxy) is 1. The first-order valence-electron chi connectivity index (χ1n) is 4.92. The third-order valence-corrected chi connectivity index (χ3v) is 3.20. The van der Waals surface area contributed by atoms with Gasteiger partial charge in [0.05, 0.1) is 17.6 Å². The summed E-state index contributed by atoms with van der Waals surface area (Å²) in [5, 5.41) is 0. The van der Waals surface area contributed by atoms with E-state index in [1.54, 1.807) is 0 Å². The lowest BCUT2D eigenvalue weighted by Gasteiger charge is -2.26. The van der Waals surface area contributed by atoms with Gasteiger partial charge in [0.15, 0.2) is 0 Å². The highest BCUT2D eigenvalue weighted by Gasteiger charge is 2.39. The first-order valence-corrected chi connectivity index (χ1v) is 5.32. The monoisotopic (exact) mass is 214 g/mol. The van der Waals surface area contributed by atoms with E-state index >= 15 is 0 Å². The molecule has 2 aliphatic rings. The number of hydrogen-bond acceptors (Lipinski definition) is 4. The van der Waals surface area contributed by atoms with E-state index in [-0.39, 0.29) is 18.1 Å². The highest BCUT2D eigenvalue weighted by molar-refractivity contribution is 7.80. The van der Waals surface area contributed by atoms with Crippen molar-refractivity contribution in [3.8, 4) is 0 Å². The predicted molar refractivity (Wildman–Crippen MR) is 55.9 cm³/mol. The SMILES string of the molecule is NC(=S)C1CCCN1C1CCOC1=O. The normalized spacial score (nSPS) is 33.3. The first-order chi connectivity index (χ1) is 6.70. The molecule has 78 valence electrons. The molecule has 5 heteroatoms. The van der Waals surface area contributed by atoms with Crippen LogP contribution in [0.1, 0.15) is 19.3 Å². The molecule has 0 saturated carbocycles. The molecule has 2 N–H and O–H groups in total. The van der Waals surface area contributed by atoms with E-state index in [1.165, 1.54) is 0 Å². The summed E-state index contributed by atoms with van der Waals surface area (Å²) in [6, 6.07) is -0.00958. The largest absolute Gasteiger partial charge is 0.464 e. The molecule has 0 spiro atoms. The quantitative estimate of drug-likeness (QED) is 0.520. The van der Waals surface area contributed by atoms with Gasteiger partial charge in [0.1, 0.15) is 6.04 Å². The fourth-order valence-corrected chi connectivity index (χ4v) is 2.51. The highest BCUT2D eigenvalue weighted by atomic mass is 32.1. The Morgan fingerprint density at radius 1 is 1.57 bits per heavy atom. The van der Waals surface area contributed by atoms with Crippen molar-refractivity contribution in [2.45, 2.75) is 31.3 Å². The average molecular weight is 214 g/mol. The molecule has 0 aromatic rings. The van der Waals surface area contributed by atoms with E-state index < -0.39 is 0 Å². The minimum absolute atomic E-state index is 0.0978. The molecule has 0 radical (unpaired) electrons. The maximum Gasteiger partial charge on any atom is 0.323 e. The second kappa shape index (κ2) is 3.82. The van der Waals surface area contributed by atoms with Crippen LogP contribution in [-0.2, 0) is 9.53 Å². The summed E-state index contributed by atoms with van der Waals surface area (Å²) in [7, 11) is 0. The Labute approximate surface area is 88.4 Å². The van der Waals surface area contributed by atoms with Gasteiger partial charge in [0.25, 0.3) is 0 Å². The van der Waals surface area contributed by atoms with Gasteiger partial charge < -0.3 is 10.5 Å². The molecule has 0 aliphatic carbocycles. The number of carbonyl (C=O) groups is 1. The molecule has 14 heavy (non-hydrogen) atoms. The third-order valence-electron chi connectivity index (χ3n) is 2.93. The lowest BCUT2D eigenvalue weighted by Crippen LogP contribution is -2.47. The van der Waals surface area contributed by atoms with Crippen molar-refractivity contribution in [2.75, 3.05) is 13.2 Å². The van der Waals surface area contributed by atoms with Gasteiger partial charge in [-0.2, -0.15) is 0 Å². The molecule has 2 unspecified atom stereocenters. The van der Waals surface area contributed by atoms with Crippen LogP contribution >= 0.6 is 12.2 Å². The molecule has 0 aromatic carbocycles. The summed E-state index contributed by atoms with van der Waals surface area (Å²) in [6.45, 7) is 1.44. The van der Waals surface area contributed by atoms with Crippen molar-refractivity contribution in [1.29, 1.82) is 0 Å². The van der Waals surface area contributed by atoms with E-state index in [2.05, 4.69) is 4.90 Å². The zero-order chi connectivity index (χ0) is 10.1. The summed E-state index contributed by atoms with van der Waals surface area (Å²) < 4.78 is 4.94. The standard InChI is InChI=1S/C9H14N2O2S/c10-8(14)6-2-1-4-11(6)7-3-5-13-9(7)12/h6-7H,1-5H2,(H2,10,14). The van der Waals surface area contributed by atoms with Crippen LogP contribution in [-0.4, -0.2) is 41.1 Å². The minimum atomic E-state index is -0.117. The van der Waals surface area contributed by atoms with E-state index in [9.17, 15) is 4.79 Å². The van der Waals surface area contributed by atoms with Gasteiger partial charge in [-0.05, 0) is 19.4 Å². The fraction of sp³-hybridized carbons (Fsp3) is 0.778. The van der Waals surface area contributed by atoms with Crippen LogP contribution < -0.4 is 5.73 Å². The van der Waals surface area contributed by atoms with Gasteiger partial charge in [0, 0.05) is 6.42 Å². The van der Waals surface area contributed by atoms with Crippen LogP contribution in [0.25, 0.3) is 0 Å². The molecule has 0 bridgehead atoms. The van der Waals surface area contributed by atoms with E-state index in [4.69, 9.17) is 22.7 Å². The number of nitrogens with zero attached hydrogens (tertiary/aromatic N) is 1. The molecule has 2 atom stereocenters. The fourth-order valence-electron chi connectivity index (χ4n) is 2.25. The first kappa shape index (κ1) is 9.86. The molecule has 2 fully saturated rings. The molecule has 0 amide bonds. The zero-order valence-electron chi connectivity index (χ0n) is 7.94. The van der Waals surface area contributed by atoms with Crippen LogP contribution in [0.4, 0.5) is 0 Å². The topological polar surface area (TPSA) is 55.6 Å². The molecule has 2 heterocycles. The van der Waals surface area contributed by atoms with Crippen molar-refractivity contribution in [3.63, 3.8) is 0 Å². The molecular formula is C9H14N2O2S. The van der Waals surface area contributed by atoms with Crippen molar-refractivity contribution >= 4 is 23.2 Å². The second-order valence-electron chi connectivity index (χ2n) is 3.77. The average Bonchev–Trinajstić information content (AvgIpc) is 2.70. The van der Waals surface area contributed by atoms with Crippen molar-refractivity contribution in [3.05, 3.63) is 0 Å². The number of hydrogen-bond donors (Lipinski definition) is 1. The van der Waals surface area contributed by atoms with Crippen LogP contribution in [0.2, 0.25) is 0 Å². The lowest BCUT2D eigenvalue weighted by atomic mass is 10.1. The molecule has 2 saturated heterocycles. The van der Waals surface area contributed by atoms with E-state index in [0.717, 1.165) is 25.8 Å². The van der Waals surface area contributed by atoms with E-state index in [0.29, 0.717) is 11.6 Å². The van der Waals surface area contributed by atoms with E-state index in [1.807, 2.05) is 0 Å². The van der Waals surface area contributed by atoms with Gasteiger partial charge in [-0.1, -0.05) is 12.2 Å². The second-order valence-corrected chi connectivity index (χ2v) is 4.24. The Kier molecular flexibility index (Phi) is 2.69. The smallest absolute Gasteiger partial charge is 0.323 e. The summed E-state index contributed by atoms with van der Waals surface area (Å²) >= 11 is 4.99. The number of nitrogens with two attached hydrogens (primary N) is 1. The molecule has 2 rings (SSSR count). The third kappa shape index (κ3) is 1.62. The molecule has 4 nitrogen and oxygen atoms in total. The molecule has 0 aromatic heterocycles. The predicted octanol–water partition coefficient (Wildman–Crippen LogP) is 0.0524.